The second-order valence-electron chi connectivity index (χ2n) is 15.1. The van der Waals surface area contributed by atoms with E-state index in [9.17, 15) is 29.4 Å². The van der Waals surface area contributed by atoms with Gasteiger partial charge in [-0.15, -0.1) is 0 Å². The van der Waals surface area contributed by atoms with Crippen LogP contribution in [0.2, 0.25) is 0 Å². The number of aliphatic hydroxyl groups is 1. The van der Waals surface area contributed by atoms with Crippen LogP contribution >= 0.6 is 0 Å². The summed E-state index contributed by atoms with van der Waals surface area (Å²) < 4.78 is 5.75. The fourth-order valence-corrected chi connectivity index (χ4v) is 7.67. The number of guanidine groups is 1. The molecule has 0 aromatic heterocycles. The summed E-state index contributed by atoms with van der Waals surface area (Å²) in [5.41, 5.74) is 16.1. The van der Waals surface area contributed by atoms with Crippen LogP contribution in [0.25, 0.3) is 11.1 Å². The third-order valence-electron chi connectivity index (χ3n) is 10.6. The molecule has 0 radical (unpaired) electrons. The first kappa shape index (κ1) is 42.3. The van der Waals surface area contributed by atoms with E-state index in [0.29, 0.717) is 32.1 Å². The molecule has 2 aromatic carbocycles. The third-order valence-corrected chi connectivity index (χ3v) is 10.6. The van der Waals surface area contributed by atoms with Gasteiger partial charge in [-0.25, -0.2) is 0 Å². The molecule has 5 rings (SSSR count). The quantitative estimate of drug-likeness (QED) is 0.0681. The average molecular weight is 784 g/mol. The fraction of sp³-hybridized carbons (Fsp3) is 0.476. The average Bonchev–Trinajstić information content (AvgIpc) is 3.80. The maximum atomic E-state index is 14.2. The van der Waals surface area contributed by atoms with Gasteiger partial charge in [0.2, 0.25) is 23.6 Å². The molecule has 2 aliphatic heterocycles. The van der Waals surface area contributed by atoms with Crippen molar-refractivity contribution in [3.8, 4) is 11.1 Å². The summed E-state index contributed by atoms with van der Waals surface area (Å²) in [5.74, 6) is -2.78. The highest BCUT2D eigenvalue weighted by atomic mass is 16.6. The summed E-state index contributed by atoms with van der Waals surface area (Å²) in [7, 11) is 0. The summed E-state index contributed by atoms with van der Waals surface area (Å²) in [6.07, 6.45) is 3.60. The number of nitrogens with two attached hydrogens (primary N) is 2. The van der Waals surface area contributed by atoms with E-state index < -0.39 is 59.9 Å². The van der Waals surface area contributed by atoms with Gasteiger partial charge in [-0.3, -0.25) is 29.2 Å². The van der Waals surface area contributed by atoms with Crippen molar-refractivity contribution in [3.63, 3.8) is 0 Å². The smallest absolute Gasteiger partial charge is 0.248 e. The Balaban J connectivity index is 1.40. The second kappa shape index (κ2) is 19.8. The first-order valence-electron chi connectivity index (χ1n) is 19.7. The number of ether oxygens (including phenoxy) is 1. The number of benzene rings is 2. The number of hydrogen-bond acceptors (Lipinski definition) is 9. The number of aliphatic hydroxyl groups excluding tert-OH is 1. The highest BCUT2D eigenvalue weighted by Gasteiger charge is 2.39. The van der Waals surface area contributed by atoms with Gasteiger partial charge in [-0.05, 0) is 81.0 Å². The first-order chi connectivity index (χ1) is 27.3. The van der Waals surface area contributed by atoms with E-state index in [4.69, 9.17) is 16.2 Å². The maximum absolute atomic E-state index is 14.2. The topological polar surface area (TPSA) is 237 Å². The van der Waals surface area contributed by atoms with Crippen molar-refractivity contribution >= 4 is 35.7 Å². The number of carbonyl (C=O) groups is 4. The van der Waals surface area contributed by atoms with E-state index in [0.717, 1.165) is 27.8 Å². The van der Waals surface area contributed by atoms with Gasteiger partial charge >= 0.3 is 0 Å². The maximum Gasteiger partial charge on any atom is 0.248 e. The van der Waals surface area contributed by atoms with Gasteiger partial charge in [0.25, 0.3) is 0 Å². The Labute approximate surface area is 333 Å². The van der Waals surface area contributed by atoms with E-state index >= 15 is 0 Å². The van der Waals surface area contributed by atoms with Crippen molar-refractivity contribution in [2.75, 3.05) is 19.7 Å². The predicted molar refractivity (Wildman–Crippen MR) is 216 cm³/mol. The van der Waals surface area contributed by atoms with Gasteiger partial charge in [0.1, 0.15) is 36.0 Å². The minimum atomic E-state index is -1.16. The van der Waals surface area contributed by atoms with E-state index in [1.807, 2.05) is 62.4 Å². The van der Waals surface area contributed by atoms with Crippen molar-refractivity contribution in [2.24, 2.45) is 21.5 Å². The zero-order chi connectivity index (χ0) is 41.1. The van der Waals surface area contributed by atoms with Gasteiger partial charge in [0, 0.05) is 25.6 Å². The van der Waals surface area contributed by atoms with Crippen LogP contribution in [0, 0.1) is 0 Å². The van der Waals surface area contributed by atoms with Crippen LogP contribution in [0.3, 0.4) is 0 Å². The number of aliphatic imine (C=N–C) groups is 2. The third kappa shape index (κ3) is 11.1. The van der Waals surface area contributed by atoms with E-state index in [1.54, 1.807) is 6.08 Å². The number of nitrogens with one attached hydrogen (secondary N) is 3. The highest BCUT2D eigenvalue weighted by molar-refractivity contribution is 5.95. The minimum Gasteiger partial charge on any atom is -0.599 e. The van der Waals surface area contributed by atoms with Crippen molar-refractivity contribution < 1.29 is 34.1 Å². The Hall–Kier alpha value is -5.86. The lowest BCUT2D eigenvalue weighted by atomic mass is 9.98. The molecule has 2 saturated heterocycles. The second-order valence-corrected chi connectivity index (χ2v) is 15.1. The van der Waals surface area contributed by atoms with Gasteiger partial charge in [-0.1, -0.05) is 79.6 Å². The van der Waals surface area contributed by atoms with E-state index in [1.165, 1.54) is 4.90 Å². The number of fused-ring (bicyclic) bond motifs is 4. The number of amides is 4. The van der Waals surface area contributed by atoms with Gasteiger partial charge < -0.3 is 47.3 Å². The van der Waals surface area contributed by atoms with Crippen LogP contribution < -0.4 is 32.5 Å². The lowest BCUT2D eigenvalue weighted by Crippen LogP contribution is -2.57. The fourth-order valence-electron chi connectivity index (χ4n) is 7.67. The molecule has 57 heavy (non-hydrogen) atoms. The molecule has 306 valence electrons. The molecular formula is C42H55N8O7-. The van der Waals surface area contributed by atoms with Crippen LogP contribution in [0.1, 0.15) is 88.7 Å². The SMILES string of the molecule is C=C(O)[C@@H]1CCCC[C@H](N=C([O-])OCC2c3ccccc3-c3ccccc32)C(=O)N2CCCC2C(=O)N[C@@H](CC=C(C)C)C(=O)N[C@@H](CCCN=C(N)N)C(=O)N1. The van der Waals surface area contributed by atoms with Crippen LogP contribution in [0.15, 0.2) is 82.5 Å². The van der Waals surface area contributed by atoms with Crippen LogP contribution in [-0.2, 0) is 23.9 Å². The van der Waals surface area contributed by atoms with Crippen LogP contribution in [0.5, 0.6) is 0 Å². The highest BCUT2D eigenvalue weighted by Crippen LogP contribution is 2.44. The number of hydrogen-bond donors (Lipinski definition) is 6. The summed E-state index contributed by atoms with van der Waals surface area (Å²) in [6.45, 7) is 7.87. The Morgan fingerprint density at radius 3 is 2.19 bits per heavy atom. The zero-order valence-corrected chi connectivity index (χ0v) is 32.7. The zero-order valence-electron chi connectivity index (χ0n) is 32.7. The normalized spacial score (nSPS) is 23.5. The minimum absolute atomic E-state index is 0.0242. The molecule has 1 unspecified atom stereocenters. The summed E-state index contributed by atoms with van der Waals surface area (Å²) in [4.78, 5) is 65.4. The van der Waals surface area contributed by atoms with Gasteiger partial charge in [-0.2, -0.15) is 0 Å². The Bertz CT molecular complexity index is 1840. The molecule has 5 atom stereocenters. The van der Waals surface area contributed by atoms with Crippen molar-refractivity contribution in [3.05, 3.63) is 83.6 Å². The van der Waals surface area contributed by atoms with Crippen molar-refractivity contribution in [1.82, 2.24) is 20.9 Å². The van der Waals surface area contributed by atoms with Crippen molar-refractivity contribution in [1.29, 1.82) is 0 Å². The molecule has 15 nitrogen and oxygen atoms in total. The monoisotopic (exact) mass is 783 g/mol. The molecule has 4 amide bonds. The molecule has 2 heterocycles. The molecule has 2 fully saturated rings. The molecular weight excluding hydrogens is 729 g/mol. The number of allylic oxidation sites excluding steroid dienone is 1. The van der Waals surface area contributed by atoms with Crippen molar-refractivity contribution in [2.45, 2.75) is 108 Å². The molecule has 0 saturated carbocycles. The largest absolute Gasteiger partial charge is 0.599 e. The standard InChI is InChI=1S/C42H56N8O7/c1-25(2)20-21-34-38(53)47-33(18-10-22-45-41(43)44)37(52)46-32(26(3)51)16-8-9-17-35(40(55)50-23-11-19-36(50)39(54)48-34)49-42(56)57-24-31-29-14-6-4-12-27(29)28-13-5-7-15-30(28)31/h4-7,12-15,20,31-36,51H,3,8-11,16-19,21-24H2,1-2H3,(H,46,52)(H,47,53)(H,48,54)(H,49,56)(H4,43,44,45)/p-1/t32-,33-,34-,35-,36?/m0/s1. The predicted octanol–water partition coefficient (Wildman–Crippen LogP) is 2.40. The van der Waals surface area contributed by atoms with E-state index in [2.05, 4.69) is 32.5 Å². The Kier molecular flexibility index (Phi) is 14.7. The summed E-state index contributed by atoms with van der Waals surface area (Å²) in [5, 5.41) is 32.3. The molecule has 3 aliphatic rings. The molecule has 15 heteroatoms. The Morgan fingerprint density at radius 2 is 1.54 bits per heavy atom. The van der Waals surface area contributed by atoms with Gasteiger partial charge in [0.15, 0.2) is 5.96 Å². The summed E-state index contributed by atoms with van der Waals surface area (Å²) in [6, 6.07) is 10.8. The number of nitrogens with zero attached hydrogens (tertiary/aromatic N) is 3. The first-order valence-corrected chi connectivity index (χ1v) is 19.7. The summed E-state index contributed by atoms with van der Waals surface area (Å²) >= 11 is 0. The lowest BCUT2D eigenvalue weighted by Gasteiger charge is -2.29. The molecule has 0 spiro atoms. The Morgan fingerprint density at radius 1 is 0.912 bits per heavy atom. The van der Waals surface area contributed by atoms with Gasteiger partial charge in [0.05, 0.1) is 6.04 Å². The molecule has 2 aromatic rings. The lowest BCUT2D eigenvalue weighted by molar-refractivity contribution is -0.251. The van der Waals surface area contributed by atoms with E-state index in [-0.39, 0.29) is 63.0 Å². The molecule has 0 bridgehead atoms. The molecule has 1 aliphatic carbocycles. The number of carbonyl (C=O) groups excluding carboxylic acids is 4. The number of rotatable bonds is 10. The van der Waals surface area contributed by atoms with Crippen LogP contribution in [-0.4, -0.2) is 95.6 Å². The molecule has 8 N–H and O–H groups in total. The van der Waals surface area contributed by atoms with Crippen LogP contribution in [0.4, 0.5) is 0 Å².